The molecule has 0 radical (unpaired) electrons. The molecule has 1 aromatic carbocycles. The molecule has 2 N–H and O–H groups in total. The van der Waals surface area contributed by atoms with Crippen molar-refractivity contribution in [2.24, 2.45) is 0 Å². The molecule has 4 nitrogen and oxygen atoms in total. The van der Waals surface area contributed by atoms with Gasteiger partial charge in [-0.25, -0.2) is 0 Å². The molecule has 0 spiro atoms. The second kappa shape index (κ2) is 8.80. The van der Waals surface area contributed by atoms with Gasteiger partial charge in [0.25, 0.3) is 0 Å². The summed E-state index contributed by atoms with van der Waals surface area (Å²) in [6.45, 7) is 5.32. The molecule has 0 saturated carbocycles. The average molecular weight is 498 g/mol. The topological polar surface area (TPSA) is 58.6 Å². The predicted octanol–water partition coefficient (Wildman–Crippen LogP) is 3.34. The molecule has 2 aliphatic rings. The Kier molecular flexibility index (Phi) is 6.62. The van der Waals surface area contributed by atoms with Gasteiger partial charge in [-0.1, -0.05) is 0 Å². The van der Waals surface area contributed by atoms with Crippen molar-refractivity contribution in [2.75, 3.05) is 31.3 Å². The van der Waals surface area contributed by atoms with Crippen LogP contribution < -0.4 is 10.1 Å². The monoisotopic (exact) mass is 498 g/mol. The number of aryl methyl sites for hydroxylation is 1. The number of likely N-dealkylation sites (N-methyl/N-ethyl adjacent to an activating group) is 1. The van der Waals surface area contributed by atoms with E-state index in [2.05, 4.69) is 11.9 Å². The third-order valence-corrected chi connectivity index (χ3v) is 10.7. The number of nitrogens with one attached hydrogen (secondary N) is 1. The van der Waals surface area contributed by atoms with Gasteiger partial charge in [0.05, 0.1) is 0 Å². The van der Waals surface area contributed by atoms with Gasteiger partial charge in [0, 0.05) is 0 Å². The Balaban J connectivity index is 1.66. The number of ether oxygens (including phenoxy) is 1. The van der Waals surface area contributed by atoms with E-state index in [1.165, 1.54) is 0 Å². The number of hydrogen-bond acceptors (Lipinski definition) is 4. The number of carbonyl (C=O) groups excluding carboxylic acids is 1. The molecule has 1 fully saturated rings. The number of alkyl halides is 3. The van der Waals surface area contributed by atoms with Gasteiger partial charge in [-0.05, 0) is 0 Å². The van der Waals surface area contributed by atoms with Gasteiger partial charge in [0.15, 0.2) is 0 Å². The van der Waals surface area contributed by atoms with Crippen LogP contribution in [0, 0.1) is 12.8 Å². The van der Waals surface area contributed by atoms with Gasteiger partial charge < -0.3 is 0 Å². The minimum absolute atomic E-state index is 0.0794. The second-order valence-corrected chi connectivity index (χ2v) is 12.7. The van der Waals surface area contributed by atoms with Crippen LogP contribution in [-0.2, 0) is 4.79 Å². The first kappa shape index (κ1) is 21.1. The second-order valence-electron chi connectivity index (χ2n) is 7.12. The molecule has 6 heteroatoms. The molecule has 152 valence electrons. The van der Waals surface area contributed by atoms with Crippen molar-refractivity contribution in [3.63, 3.8) is 0 Å². The van der Waals surface area contributed by atoms with Crippen molar-refractivity contribution in [1.29, 1.82) is 0 Å². The van der Waals surface area contributed by atoms with Crippen LogP contribution in [0.5, 0.6) is 5.75 Å². The van der Waals surface area contributed by atoms with Gasteiger partial charge >= 0.3 is 173 Å². The minimum atomic E-state index is -2.04. The zero-order chi connectivity index (χ0) is 20.3. The number of allylic oxidation sites excluding steroid dienone is 5. The number of rotatable bonds is 9. The van der Waals surface area contributed by atoms with Crippen molar-refractivity contribution >= 4 is 23.6 Å². The van der Waals surface area contributed by atoms with E-state index in [1.54, 1.807) is 7.05 Å². The number of benzene rings is 1. The van der Waals surface area contributed by atoms with Crippen LogP contribution in [0.15, 0.2) is 60.2 Å². The molecule has 0 aromatic heterocycles. The molecule has 3 rings (SSSR count). The molecule has 1 heterocycles. The number of hydrogen-bond donors (Lipinski definition) is 2. The summed E-state index contributed by atoms with van der Waals surface area (Å²) in [6.07, 6.45) is 5.55. The van der Waals surface area contributed by atoms with Gasteiger partial charge in [-0.2, -0.15) is 0 Å². The molecular weight excluding hydrogens is 472 g/mol. The van der Waals surface area contributed by atoms with Crippen LogP contribution in [0.1, 0.15) is 5.56 Å². The maximum absolute atomic E-state index is 13.1. The van der Waals surface area contributed by atoms with Gasteiger partial charge in [0.1, 0.15) is 0 Å². The van der Waals surface area contributed by atoms with E-state index < -0.39 is 32.1 Å². The van der Waals surface area contributed by atoms with Crippen molar-refractivity contribution in [3.05, 3.63) is 71.7 Å². The number of carbonyl (C=O) groups is 1. The summed E-state index contributed by atoms with van der Waals surface area (Å²) < 4.78 is 19.7. The molecule has 1 aliphatic heterocycles. The van der Waals surface area contributed by atoms with E-state index in [4.69, 9.17) is 4.74 Å². The molecular formula is C22H26FINO3-. The van der Waals surface area contributed by atoms with Gasteiger partial charge in [-0.3, -0.25) is 0 Å². The van der Waals surface area contributed by atoms with E-state index in [-0.39, 0.29) is 20.9 Å². The Bertz CT molecular complexity index is 805. The predicted molar refractivity (Wildman–Crippen MR) is 119 cm³/mol. The third kappa shape index (κ3) is 4.67. The molecule has 0 amide bonds. The Morgan fingerprint density at radius 1 is 1.46 bits per heavy atom. The van der Waals surface area contributed by atoms with Crippen LogP contribution in [-0.4, -0.2) is 49.7 Å². The first-order valence-corrected chi connectivity index (χ1v) is 13.0. The molecule has 1 aromatic rings. The zero-order valence-corrected chi connectivity index (χ0v) is 18.3. The Hall–Kier alpha value is -1.64. The number of aliphatic hydroxyl groups is 1. The fourth-order valence-electron chi connectivity index (χ4n) is 3.04. The summed E-state index contributed by atoms with van der Waals surface area (Å²) in [5.74, 6) is 1.62. The van der Waals surface area contributed by atoms with Crippen LogP contribution in [0.3, 0.4) is 0 Å². The third-order valence-electron chi connectivity index (χ3n) is 4.81. The Morgan fingerprint density at radius 2 is 2.18 bits per heavy atom. The van der Waals surface area contributed by atoms with Gasteiger partial charge in [-0.15, -0.1) is 0 Å². The SMILES string of the molecule is C=C1C=C[C-](C2CI2C(=O)[C@](O)(CNC)COc2ccc(C)cc2)C=C1CF. The summed E-state index contributed by atoms with van der Waals surface area (Å²) in [7, 11) is 1.71. The van der Waals surface area contributed by atoms with E-state index in [0.29, 0.717) is 16.9 Å². The standard InChI is InChI=1S/C22H26FINO3/c1-15-4-8-19(9-5-15)28-14-22(27,13-25-3)21(26)24-12-20(24)17-7-6-16(2)18(10-17)11-23/h4-10,20,25,27H,2,11-14H2,1,3H3/q-1/t20?,22-/m0/s1. The Labute approximate surface area is 172 Å². The quantitative estimate of drug-likeness (QED) is 0.238. The molecule has 2 atom stereocenters. The summed E-state index contributed by atoms with van der Waals surface area (Å²) in [5, 5.41) is 14.0. The van der Waals surface area contributed by atoms with Crippen molar-refractivity contribution in [3.8, 4) is 5.75 Å². The average Bonchev–Trinajstić information content (AvgIpc) is 3.48. The Morgan fingerprint density at radius 3 is 2.82 bits per heavy atom. The summed E-state index contributed by atoms with van der Waals surface area (Å²) in [4.78, 5) is 13.1. The van der Waals surface area contributed by atoms with Crippen LogP contribution in [0.25, 0.3) is 0 Å². The van der Waals surface area contributed by atoms with Crippen LogP contribution in [0.2, 0.25) is 0 Å². The fourth-order valence-corrected chi connectivity index (χ4v) is 9.28. The van der Waals surface area contributed by atoms with Crippen molar-refractivity contribution < 1.29 is 19.0 Å². The summed E-state index contributed by atoms with van der Waals surface area (Å²) in [5.41, 5.74) is 0.815. The van der Waals surface area contributed by atoms with Gasteiger partial charge in [0.2, 0.25) is 0 Å². The molecule has 0 bridgehead atoms. The zero-order valence-electron chi connectivity index (χ0n) is 16.2. The molecule has 28 heavy (non-hydrogen) atoms. The van der Waals surface area contributed by atoms with Crippen molar-refractivity contribution in [2.45, 2.75) is 16.4 Å². The maximum atomic E-state index is 13.1. The van der Waals surface area contributed by atoms with Crippen LogP contribution in [0.4, 0.5) is 4.39 Å². The summed E-state index contributed by atoms with van der Waals surface area (Å²) in [6, 6.07) is 7.51. The van der Waals surface area contributed by atoms with E-state index in [9.17, 15) is 14.3 Å². The molecule has 1 unspecified atom stereocenters. The van der Waals surface area contributed by atoms with E-state index in [0.717, 1.165) is 15.9 Å². The fraction of sp³-hybridized carbons (Fsp3) is 0.364. The van der Waals surface area contributed by atoms with Crippen molar-refractivity contribution in [1.82, 2.24) is 5.32 Å². The first-order chi connectivity index (χ1) is 13.4. The molecule has 1 aliphatic carbocycles. The summed E-state index contributed by atoms with van der Waals surface area (Å²) >= 11 is -2.04. The number of halogens is 2. The normalized spacial score (nSPS) is 21.9. The van der Waals surface area contributed by atoms with E-state index >= 15 is 0 Å². The molecule has 1 saturated heterocycles. The van der Waals surface area contributed by atoms with Crippen LogP contribution >= 0.6 is 19.8 Å². The first-order valence-electron chi connectivity index (χ1n) is 9.14. The van der Waals surface area contributed by atoms with E-state index in [1.807, 2.05) is 49.4 Å².